The van der Waals surface area contributed by atoms with Gasteiger partial charge in [0.1, 0.15) is 11.6 Å². The topological polar surface area (TPSA) is 67.1 Å². The molecule has 1 fully saturated rings. The molecule has 1 aromatic carbocycles. The Morgan fingerprint density at radius 2 is 1.86 bits per heavy atom. The van der Waals surface area contributed by atoms with E-state index >= 15 is 0 Å². The van der Waals surface area contributed by atoms with Gasteiger partial charge in [-0.15, -0.1) is 0 Å². The van der Waals surface area contributed by atoms with Gasteiger partial charge >= 0.3 is 0 Å². The number of fused-ring (bicyclic) bond motifs is 1. The maximum Gasteiger partial charge on any atom is 0.173 e. The summed E-state index contributed by atoms with van der Waals surface area (Å²) in [6.45, 7) is 1.39. The molecule has 0 spiro atoms. The van der Waals surface area contributed by atoms with Crippen LogP contribution in [0.1, 0.15) is 35.4 Å². The first kappa shape index (κ1) is 18.1. The van der Waals surface area contributed by atoms with E-state index in [-0.39, 0.29) is 0 Å². The normalized spacial score (nSPS) is 13.6. The second kappa shape index (κ2) is 7.83. The molecule has 7 heteroatoms. The fraction of sp³-hybridized carbons (Fsp3) is 0.227. The van der Waals surface area contributed by atoms with Gasteiger partial charge in [-0.3, -0.25) is 4.98 Å². The number of anilines is 2. The summed E-state index contributed by atoms with van der Waals surface area (Å²) in [5.74, 6) is 2.44. The zero-order valence-electron chi connectivity index (χ0n) is 15.8. The summed E-state index contributed by atoms with van der Waals surface area (Å²) in [4.78, 5) is 8.90. The van der Waals surface area contributed by atoms with Crippen LogP contribution in [0.5, 0.6) is 0 Å². The van der Waals surface area contributed by atoms with E-state index < -0.39 is 0 Å². The molecule has 0 aliphatic heterocycles. The summed E-state index contributed by atoms with van der Waals surface area (Å²) in [5, 5.41) is 11.3. The quantitative estimate of drug-likeness (QED) is 0.416. The first-order valence-electron chi connectivity index (χ1n) is 9.76. The van der Waals surface area contributed by atoms with Crippen molar-refractivity contribution in [3.05, 3.63) is 82.2 Å². The average Bonchev–Trinajstić information content (AvgIpc) is 3.55. The Morgan fingerprint density at radius 1 is 1.00 bits per heavy atom. The van der Waals surface area contributed by atoms with Crippen LogP contribution in [-0.4, -0.2) is 19.6 Å². The fourth-order valence-corrected chi connectivity index (χ4v) is 3.76. The van der Waals surface area contributed by atoms with E-state index in [4.69, 9.17) is 4.98 Å². The number of nitrogens with zero attached hydrogens (tertiary/aromatic N) is 4. The lowest BCUT2D eigenvalue weighted by Crippen LogP contribution is -2.09. The van der Waals surface area contributed by atoms with E-state index in [0.29, 0.717) is 6.54 Å². The summed E-state index contributed by atoms with van der Waals surface area (Å²) in [6.07, 6.45) is 8.03. The van der Waals surface area contributed by atoms with E-state index in [1.807, 2.05) is 24.4 Å². The number of benzene rings is 1. The second-order valence-corrected chi connectivity index (χ2v) is 8.20. The molecule has 3 heterocycles. The van der Waals surface area contributed by atoms with E-state index in [9.17, 15) is 0 Å². The fourth-order valence-electron chi connectivity index (χ4n) is 3.41. The van der Waals surface area contributed by atoms with Gasteiger partial charge in [0.15, 0.2) is 5.65 Å². The van der Waals surface area contributed by atoms with Crippen molar-refractivity contribution >= 4 is 33.2 Å². The van der Waals surface area contributed by atoms with Gasteiger partial charge < -0.3 is 10.6 Å². The molecule has 4 aromatic rings. The van der Waals surface area contributed by atoms with E-state index in [2.05, 4.69) is 60.9 Å². The van der Waals surface area contributed by atoms with Crippen LogP contribution in [0.4, 0.5) is 11.6 Å². The lowest BCUT2D eigenvalue weighted by molar-refractivity contribution is 0.921. The minimum absolute atomic E-state index is 0.660. The molecule has 1 aliphatic rings. The van der Waals surface area contributed by atoms with Crippen molar-refractivity contribution in [2.24, 2.45) is 0 Å². The predicted octanol–water partition coefficient (Wildman–Crippen LogP) is 4.99. The summed E-state index contributed by atoms with van der Waals surface area (Å²) in [6, 6.07) is 14.8. The molecule has 0 bridgehead atoms. The van der Waals surface area contributed by atoms with Crippen LogP contribution in [0.3, 0.4) is 0 Å². The van der Waals surface area contributed by atoms with Crippen molar-refractivity contribution in [1.29, 1.82) is 0 Å². The molecule has 5 rings (SSSR count). The summed E-state index contributed by atoms with van der Waals surface area (Å²) in [7, 11) is 0. The lowest BCUT2D eigenvalue weighted by atomic mass is 10.1. The first-order chi connectivity index (χ1) is 14.3. The highest BCUT2D eigenvalue weighted by Gasteiger charge is 2.23. The predicted molar refractivity (Wildman–Crippen MR) is 118 cm³/mol. The monoisotopic (exact) mass is 448 g/mol. The molecule has 2 N–H and O–H groups in total. The van der Waals surface area contributed by atoms with Gasteiger partial charge in [0.2, 0.25) is 0 Å². The minimum atomic E-state index is 0.660. The van der Waals surface area contributed by atoms with Crippen LogP contribution in [0.15, 0.2) is 65.5 Å². The number of halogens is 1. The number of nitrogens with one attached hydrogen (secondary N) is 2. The molecule has 146 valence electrons. The van der Waals surface area contributed by atoms with Crippen molar-refractivity contribution in [3.63, 3.8) is 0 Å². The molecule has 1 saturated carbocycles. The van der Waals surface area contributed by atoms with Crippen molar-refractivity contribution in [3.8, 4) is 0 Å². The third kappa shape index (κ3) is 4.10. The zero-order valence-corrected chi connectivity index (χ0v) is 17.4. The van der Waals surface area contributed by atoms with Crippen LogP contribution < -0.4 is 10.6 Å². The van der Waals surface area contributed by atoms with Gasteiger partial charge in [-0.2, -0.15) is 9.61 Å². The third-order valence-corrected chi connectivity index (χ3v) is 5.66. The zero-order chi connectivity index (χ0) is 19.6. The van der Waals surface area contributed by atoms with Crippen molar-refractivity contribution < 1.29 is 0 Å². The molecule has 0 atom stereocenters. The summed E-state index contributed by atoms with van der Waals surface area (Å²) >= 11 is 3.55. The number of hydrogen-bond donors (Lipinski definition) is 2. The molecule has 6 nitrogen and oxygen atoms in total. The molecule has 1 aliphatic carbocycles. The Kier molecular flexibility index (Phi) is 4.89. The molecule has 0 saturated heterocycles. The van der Waals surface area contributed by atoms with Crippen molar-refractivity contribution in [2.45, 2.75) is 31.8 Å². The molecular weight excluding hydrogens is 428 g/mol. The molecule has 0 unspecified atom stereocenters. The van der Waals surface area contributed by atoms with Crippen LogP contribution in [0.2, 0.25) is 0 Å². The number of aromatic nitrogens is 4. The van der Waals surface area contributed by atoms with Crippen molar-refractivity contribution in [1.82, 2.24) is 19.6 Å². The largest absolute Gasteiger partial charge is 0.366 e. The Bertz CT molecular complexity index is 1140. The molecule has 0 radical (unpaired) electrons. The molecule has 29 heavy (non-hydrogen) atoms. The van der Waals surface area contributed by atoms with E-state index in [1.165, 1.54) is 24.0 Å². The van der Waals surface area contributed by atoms with Gasteiger partial charge in [0.25, 0.3) is 0 Å². The van der Waals surface area contributed by atoms with Gasteiger partial charge in [0, 0.05) is 31.5 Å². The molecule has 3 aromatic heterocycles. The van der Waals surface area contributed by atoms with E-state index in [0.717, 1.165) is 39.8 Å². The summed E-state index contributed by atoms with van der Waals surface area (Å²) in [5.41, 5.74) is 4.60. The first-order valence-corrected chi connectivity index (χ1v) is 10.6. The Morgan fingerprint density at radius 3 is 2.69 bits per heavy atom. The standard InChI is InChI=1S/C22H21BrN6/c23-19-14-27-29-21(26-13-16-4-2-8-24-11-16)10-20(28-22(19)29)25-12-15-3-1-5-18(9-15)17-6-7-17/h1-5,8-11,14,17,26H,6-7,12-13H2,(H,25,28). The Hall–Kier alpha value is -2.93. The second-order valence-electron chi connectivity index (χ2n) is 7.34. The van der Waals surface area contributed by atoms with Crippen LogP contribution in [-0.2, 0) is 13.1 Å². The van der Waals surface area contributed by atoms with Crippen LogP contribution in [0.25, 0.3) is 5.65 Å². The number of hydrogen-bond acceptors (Lipinski definition) is 5. The van der Waals surface area contributed by atoms with Crippen molar-refractivity contribution in [2.75, 3.05) is 10.6 Å². The minimum Gasteiger partial charge on any atom is -0.366 e. The highest BCUT2D eigenvalue weighted by Crippen LogP contribution is 2.40. The van der Waals surface area contributed by atoms with Gasteiger partial charge in [0.05, 0.1) is 10.7 Å². The Labute approximate surface area is 177 Å². The highest BCUT2D eigenvalue weighted by molar-refractivity contribution is 9.10. The average molecular weight is 449 g/mol. The van der Waals surface area contributed by atoms with Gasteiger partial charge in [-0.25, -0.2) is 4.98 Å². The van der Waals surface area contributed by atoms with E-state index in [1.54, 1.807) is 16.9 Å². The highest BCUT2D eigenvalue weighted by atomic mass is 79.9. The van der Waals surface area contributed by atoms with Gasteiger partial charge in [-0.05, 0) is 57.4 Å². The van der Waals surface area contributed by atoms with Crippen LogP contribution >= 0.6 is 15.9 Å². The number of pyridine rings is 1. The van der Waals surface area contributed by atoms with Crippen LogP contribution in [0, 0.1) is 0 Å². The lowest BCUT2D eigenvalue weighted by Gasteiger charge is -2.12. The Balaban J connectivity index is 1.37. The smallest absolute Gasteiger partial charge is 0.173 e. The summed E-state index contributed by atoms with van der Waals surface area (Å²) < 4.78 is 2.67. The number of rotatable bonds is 7. The SMILES string of the molecule is Brc1cnn2c(NCc3cccnc3)cc(NCc3cccc(C4CC4)c3)nc12. The molecular formula is C22H21BrN6. The third-order valence-electron chi connectivity index (χ3n) is 5.10. The maximum absolute atomic E-state index is 4.73. The maximum atomic E-state index is 4.73. The molecule has 0 amide bonds. The van der Waals surface area contributed by atoms with Gasteiger partial charge in [-0.1, -0.05) is 30.3 Å².